The largest absolute Gasteiger partial charge is 0.292 e. The Balaban J connectivity index is 1.02. The molecule has 0 radical (unpaired) electrons. The third kappa shape index (κ3) is 6.53. The van der Waals surface area contributed by atoms with E-state index < -0.39 is 0 Å². The maximum Gasteiger partial charge on any atom is 0.145 e. The smallest absolute Gasteiger partial charge is 0.145 e. The highest BCUT2D eigenvalue weighted by Gasteiger charge is 2.30. The standard InChI is InChI=1S/C61H38N6/c1-2-19-50(20-3-1)67-56-24-5-4-23-55(56)66-61(67)41-27-25-39(26-28-41)42-13-6-16-45(29-42)53-32-54(46-17-7-14-43(30-46)48-33-62-37-63-34-48)59-51-21-9-11-40-12-10-22-52(57(40)51)60(59)58(53)47-18-8-15-44(31-47)49-35-64-38-65-36-49/h1-38H. The Bertz CT molecular complexity index is 3840. The molecule has 3 heterocycles. The van der Waals surface area contributed by atoms with Crippen molar-refractivity contribution in [1.29, 1.82) is 0 Å². The summed E-state index contributed by atoms with van der Waals surface area (Å²) in [5.74, 6) is 0.909. The van der Waals surface area contributed by atoms with E-state index in [9.17, 15) is 0 Å². The van der Waals surface area contributed by atoms with Crippen molar-refractivity contribution in [2.75, 3.05) is 0 Å². The number of hydrogen-bond acceptors (Lipinski definition) is 5. The topological polar surface area (TPSA) is 69.4 Å². The predicted octanol–water partition coefficient (Wildman–Crippen LogP) is 15.1. The molecule has 3 aromatic heterocycles. The van der Waals surface area contributed by atoms with Gasteiger partial charge in [-0.3, -0.25) is 4.57 Å². The molecule has 6 nitrogen and oxygen atoms in total. The van der Waals surface area contributed by atoms with E-state index in [1.54, 1.807) is 12.7 Å². The number of nitrogens with zero attached hydrogens (tertiary/aromatic N) is 6. The highest BCUT2D eigenvalue weighted by Crippen LogP contribution is 2.57. The Morgan fingerprint density at radius 1 is 0.313 bits per heavy atom. The first-order valence-corrected chi connectivity index (χ1v) is 22.4. The van der Waals surface area contributed by atoms with Crippen molar-refractivity contribution in [2.24, 2.45) is 0 Å². The Hall–Kier alpha value is -9.13. The van der Waals surface area contributed by atoms with Crippen molar-refractivity contribution in [3.05, 3.63) is 232 Å². The van der Waals surface area contributed by atoms with E-state index in [0.717, 1.165) is 83.7 Å². The van der Waals surface area contributed by atoms with Crippen LogP contribution in [0.4, 0.5) is 0 Å². The van der Waals surface area contributed by atoms with E-state index in [-0.39, 0.29) is 0 Å². The van der Waals surface area contributed by atoms with Crippen LogP contribution < -0.4 is 0 Å². The molecular formula is C61H38N6. The molecule has 0 saturated heterocycles. The lowest BCUT2D eigenvalue weighted by atomic mass is 9.81. The number of para-hydroxylation sites is 3. The number of rotatable bonds is 8. The SMILES string of the molecule is c1ccc(-n2c(-c3ccc(-c4cccc(-c5cc(-c6cccc(-c7cncnc7)c6)c6c(c5-c5cccc(-c7cncnc7)c5)-c5cccc7cccc-6c57)c4)cc3)nc3ccccc32)cc1. The molecule has 0 bridgehead atoms. The molecule has 1 aliphatic rings. The minimum atomic E-state index is 0.909. The maximum absolute atomic E-state index is 5.14. The van der Waals surface area contributed by atoms with Gasteiger partial charge in [0.05, 0.1) is 11.0 Å². The maximum atomic E-state index is 5.14. The molecule has 0 unspecified atom stereocenters. The quantitative estimate of drug-likeness (QED) is 0.152. The highest BCUT2D eigenvalue weighted by atomic mass is 15.1. The first-order chi connectivity index (χ1) is 33.2. The summed E-state index contributed by atoms with van der Waals surface area (Å²) in [5, 5.41) is 2.49. The van der Waals surface area contributed by atoms with Gasteiger partial charge in [-0.25, -0.2) is 24.9 Å². The zero-order chi connectivity index (χ0) is 44.3. The monoisotopic (exact) mass is 854 g/mol. The van der Waals surface area contributed by atoms with E-state index in [2.05, 4.69) is 206 Å². The van der Waals surface area contributed by atoms with Crippen LogP contribution in [0, 0.1) is 0 Å². The molecular weight excluding hydrogens is 817 g/mol. The molecule has 0 fully saturated rings. The van der Waals surface area contributed by atoms with Crippen LogP contribution >= 0.6 is 0 Å². The molecule has 0 N–H and O–H groups in total. The fourth-order valence-corrected chi connectivity index (χ4v) is 10.1. The van der Waals surface area contributed by atoms with Gasteiger partial charge in [0.25, 0.3) is 0 Å². The van der Waals surface area contributed by atoms with Crippen LogP contribution in [0.1, 0.15) is 0 Å². The second-order valence-corrected chi connectivity index (χ2v) is 17.0. The molecule has 12 aromatic rings. The van der Waals surface area contributed by atoms with E-state index in [1.165, 1.54) is 44.2 Å². The molecule has 0 aliphatic heterocycles. The summed E-state index contributed by atoms with van der Waals surface area (Å²) in [5.41, 5.74) is 22.3. The lowest BCUT2D eigenvalue weighted by Crippen LogP contribution is -1.97. The van der Waals surface area contributed by atoms with E-state index in [0.29, 0.717) is 0 Å². The first-order valence-electron chi connectivity index (χ1n) is 22.4. The summed E-state index contributed by atoms with van der Waals surface area (Å²) in [4.78, 5) is 22.6. The summed E-state index contributed by atoms with van der Waals surface area (Å²) in [6.45, 7) is 0. The van der Waals surface area contributed by atoms with E-state index >= 15 is 0 Å². The van der Waals surface area contributed by atoms with Crippen molar-refractivity contribution in [1.82, 2.24) is 29.5 Å². The average molecular weight is 855 g/mol. The second-order valence-electron chi connectivity index (χ2n) is 17.0. The molecule has 312 valence electrons. The fraction of sp³-hybridized carbons (Fsp3) is 0. The molecule has 9 aromatic carbocycles. The minimum Gasteiger partial charge on any atom is -0.292 e. The Morgan fingerprint density at radius 2 is 0.821 bits per heavy atom. The fourth-order valence-electron chi connectivity index (χ4n) is 10.1. The zero-order valence-corrected chi connectivity index (χ0v) is 36.1. The minimum absolute atomic E-state index is 0.909. The van der Waals surface area contributed by atoms with Gasteiger partial charge in [0.2, 0.25) is 0 Å². The number of imidazole rings is 1. The van der Waals surface area contributed by atoms with Gasteiger partial charge in [-0.2, -0.15) is 0 Å². The molecule has 67 heavy (non-hydrogen) atoms. The molecule has 0 spiro atoms. The zero-order valence-electron chi connectivity index (χ0n) is 36.1. The Labute approximate surface area is 387 Å². The highest BCUT2D eigenvalue weighted by molar-refractivity contribution is 6.23. The lowest BCUT2D eigenvalue weighted by Gasteiger charge is -2.22. The molecule has 1 aliphatic carbocycles. The van der Waals surface area contributed by atoms with Crippen LogP contribution in [-0.2, 0) is 0 Å². The van der Waals surface area contributed by atoms with E-state index in [1.807, 2.05) is 36.9 Å². The number of aromatic nitrogens is 6. The van der Waals surface area contributed by atoms with Crippen molar-refractivity contribution < 1.29 is 0 Å². The average Bonchev–Trinajstić information content (AvgIpc) is 3.97. The number of fused-ring (bicyclic) bond motifs is 4. The second kappa shape index (κ2) is 15.8. The van der Waals surface area contributed by atoms with Crippen molar-refractivity contribution >= 4 is 21.8 Å². The first kappa shape index (κ1) is 38.3. The predicted molar refractivity (Wildman–Crippen MR) is 272 cm³/mol. The molecule has 6 heteroatoms. The van der Waals surface area contributed by atoms with Crippen LogP contribution in [0.25, 0.3) is 128 Å². The van der Waals surface area contributed by atoms with Gasteiger partial charge in [-0.05, 0) is 137 Å². The van der Waals surface area contributed by atoms with Gasteiger partial charge in [0.15, 0.2) is 0 Å². The van der Waals surface area contributed by atoms with Gasteiger partial charge in [0, 0.05) is 47.2 Å². The van der Waals surface area contributed by atoms with Gasteiger partial charge >= 0.3 is 0 Å². The van der Waals surface area contributed by atoms with Crippen molar-refractivity contribution in [3.8, 4) is 106 Å². The number of hydrogen-bond donors (Lipinski definition) is 0. The van der Waals surface area contributed by atoms with Gasteiger partial charge < -0.3 is 0 Å². The van der Waals surface area contributed by atoms with Gasteiger partial charge in [-0.1, -0.05) is 146 Å². The molecule has 0 saturated carbocycles. The van der Waals surface area contributed by atoms with Crippen LogP contribution in [0.5, 0.6) is 0 Å². The molecule has 13 rings (SSSR count). The summed E-state index contributed by atoms with van der Waals surface area (Å²) in [6, 6.07) is 70.1. The summed E-state index contributed by atoms with van der Waals surface area (Å²) in [6.07, 6.45) is 10.7. The normalized spacial score (nSPS) is 11.6. The number of benzene rings is 9. The molecule has 0 amide bonds. The van der Waals surface area contributed by atoms with Gasteiger partial charge in [0.1, 0.15) is 18.5 Å². The summed E-state index contributed by atoms with van der Waals surface area (Å²) in [7, 11) is 0. The van der Waals surface area contributed by atoms with Crippen LogP contribution in [0.2, 0.25) is 0 Å². The van der Waals surface area contributed by atoms with Gasteiger partial charge in [-0.15, -0.1) is 0 Å². The Kier molecular flexibility index (Phi) is 9.06. The summed E-state index contributed by atoms with van der Waals surface area (Å²) < 4.78 is 2.25. The van der Waals surface area contributed by atoms with Crippen LogP contribution in [0.15, 0.2) is 232 Å². The van der Waals surface area contributed by atoms with Crippen molar-refractivity contribution in [2.45, 2.75) is 0 Å². The Morgan fingerprint density at radius 3 is 1.48 bits per heavy atom. The van der Waals surface area contributed by atoms with E-state index in [4.69, 9.17) is 4.98 Å². The van der Waals surface area contributed by atoms with Crippen LogP contribution in [-0.4, -0.2) is 29.5 Å². The third-order valence-corrected chi connectivity index (χ3v) is 13.1. The molecule has 0 atom stereocenters. The lowest BCUT2D eigenvalue weighted by molar-refractivity contribution is 1.10. The summed E-state index contributed by atoms with van der Waals surface area (Å²) >= 11 is 0. The van der Waals surface area contributed by atoms with Crippen LogP contribution in [0.3, 0.4) is 0 Å². The third-order valence-electron chi connectivity index (χ3n) is 13.1. The van der Waals surface area contributed by atoms with Crippen molar-refractivity contribution in [3.63, 3.8) is 0 Å².